The molecule has 3 atom stereocenters. The van der Waals surface area contributed by atoms with Crippen molar-refractivity contribution in [1.82, 2.24) is 15.2 Å². The van der Waals surface area contributed by atoms with Crippen LogP contribution in [0.15, 0.2) is 30.5 Å². The highest BCUT2D eigenvalue weighted by Crippen LogP contribution is 2.32. The van der Waals surface area contributed by atoms with E-state index in [9.17, 15) is 13.2 Å². The molecule has 29 heavy (non-hydrogen) atoms. The lowest BCUT2D eigenvalue weighted by Gasteiger charge is -2.41. The van der Waals surface area contributed by atoms with E-state index in [1.807, 2.05) is 0 Å². The SMILES string of the molecule is Cc1ccc(CNCC2CN(c3ccc(C(F)(F)F)cn3)C3CCN2C3)s1.Cl.Cl. The minimum atomic E-state index is -4.34. The Morgan fingerprint density at radius 2 is 1.97 bits per heavy atom. The van der Waals surface area contributed by atoms with E-state index in [2.05, 4.69) is 39.2 Å². The maximum atomic E-state index is 12.8. The zero-order chi connectivity index (χ0) is 19.0. The molecule has 0 spiro atoms. The Kier molecular flexibility index (Phi) is 8.21. The summed E-state index contributed by atoms with van der Waals surface area (Å²) in [4.78, 5) is 11.4. The Balaban J connectivity index is 0.00000150. The summed E-state index contributed by atoms with van der Waals surface area (Å²) in [6.45, 7) is 6.60. The zero-order valence-electron chi connectivity index (χ0n) is 16.0. The van der Waals surface area contributed by atoms with Crippen LogP contribution in [0.3, 0.4) is 0 Å². The third-order valence-corrected chi connectivity index (χ3v) is 6.40. The highest BCUT2D eigenvalue weighted by molar-refractivity contribution is 7.11. The van der Waals surface area contributed by atoms with Crippen molar-refractivity contribution in [3.05, 3.63) is 45.8 Å². The molecule has 2 fully saturated rings. The molecule has 0 aromatic carbocycles. The van der Waals surface area contributed by atoms with E-state index in [0.29, 0.717) is 17.9 Å². The number of alkyl halides is 3. The van der Waals surface area contributed by atoms with Crippen molar-refractivity contribution < 1.29 is 13.2 Å². The number of aromatic nitrogens is 1. The van der Waals surface area contributed by atoms with Crippen LogP contribution >= 0.6 is 36.2 Å². The number of nitrogens with one attached hydrogen (secondary N) is 1. The van der Waals surface area contributed by atoms with Gasteiger partial charge in [0.25, 0.3) is 0 Å². The molecule has 1 N–H and O–H groups in total. The predicted octanol–water partition coefficient (Wildman–Crippen LogP) is 4.37. The second-order valence-corrected chi connectivity index (χ2v) is 8.66. The maximum Gasteiger partial charge on any atom is 0.417 e. The van der Waals surface area contributed by atoms with Gasteiger partial charge in [-0.2, -0.15) is 13.2 Å². The summed E-state index contributed by atoms with van der Waals surface area (Å²) in [5.41, 5.74) is -0.694. The van der Waals surface area contributed by atoms with Crippen molar-refractivity contribution in [2.75, 3.05) is 31.1 Å². The number of hydrogen-bond donors (Lipinski definition) is 1. The van der Waals surface area contributed by atoms with Gasteiger partial charge >= 0.3 is 6.18 Å². The van der Waals surface area contributed by atoms with Gasteiger partial charge in [0.1, 0.15) is 5.82 Å². The predicted molar refractivity (Wildman–Crippen MR) is 116 cm³/mol. The first-order valence-electron chi connectivity index (χ1n) is 9.20. The van der Waals surface area contributed by atoms with Gasteiger partial charge in [-0.3, -0.25) is 4.90 Å². The van der Waals surface area contributed by atoms with Crippen LogP contribution in [0.1, 0.15) is 21.7 Å². The van der Waals surface area contributed by atoms with Crippen LogP contribution in [-0.4, -0.2) is 48.1 Å². The first-order chi connectivity index (χ1) is 12.9. The molecule has 2 aromatic rings. The number of hydrogen-bond acceptors (Lipinski definition) is 5. The van der Waals surface area contributed by atoms with Crippen molar-refractivity contribution in [3.8, 4) is 0 Å². The molecule has 2 saturated heterocycles. The summed E-state index contributed by atoms with van der Waals surface area (Å²) >= 11 is 1.80. The number of aryl methyl sites for hydroxylation is 1. The Bertz CT molecular complexity index is 785. The summed E-state index contributed by atoms with van der Waals surface area (Å²) < 4.78 is 38.4. The first kappa shape index (κ1) is 24.2. The molecule has 0 aliphatic carbocycles. The summed E-state index contributed by atoms with van der Waals surface area (Å²) in [6.07, 6.45) is -2.36. The van der Waals surface area contributed by atoms with E-state index in [0.717, 1.165) is 51.4 Å². The summed E-state index contributed by atoms with van der Waals surface area (Å²) in [7, 11) is 0. The molecule has 0 amide bonds. The number of nitrogens with zero attached hydrogens (tertiary/aromatic N) is 3. The van der Waals surface area contributed by atoms with Crippen LogP contribution in [0, 0.1) is 6.92 Å². The lowest BCUT2D eigenvalue weighted by molar-refractivity contribution is -0.137. The Morgan fingerprint density at radius 1 is 1.17 bits per heavy atom. The molecule has 4 heterocycles. The maximum absolute atomic E-state index is 12.8. The third-order valence-electron chi connectivity index (χ3n) is 5.40. The fourth-order valence-electron chi connectivity index (χ4n) is 3.99. The van der Waals surface area contributed by atoms with Crippen molar-refractivity contribution in [2.24, 2.45) is 0 Å². The van der Waals surface area contributed by atoms with Crippen molar-refractivity contribution in [2.45, 2.75) is 38.1 Å². The van der Waals surface area contributed by atoms with E-state index >= 15 is 0 Å². The fourth-order valence-corrected chi connectivity index (χ4v) is 4.85. The van der Waals surface area contributed by atoms with Crippen molar-refractivity contribution >= 4 is 42.0 Å². The molecule has 162 valence electrons. The number of piperazine rings is 1. The van der Waals surface area contributed by atoms with Gasteiger partial charge in [-0.05, 0) is 37.6 Å². The molecule has 2 aliphatic heterocycles. The molecule has 0 radical (unpaired) electrons. The van der Waals surface area contributed by atoms with E-state index in [4.69, 9.17) is 0 Å². The first-order valence-corrected chi connectivity index (χ1v) is 10.0. The molecular formula is C19H25Cl2F3N4S. The van der Waals surface area contributed by atoms with E-state index in [-0.39, 0.29) is 24.8 Å². The molecule has 4 rings (SSSR count). The minimum Gasteiger partial charge on any atom is -0.351 e. The molecule has 2 aromatic heterocycles. The lowest BCUT2D eigenvalue weighted by atomic mass is 10.1. The van der Waals surface area contributed by atoms with E-state index in [1.54, 1.807) is 11.3 Å². The molecule has 2 aliphatic rings. The molecular weight excluding hydrogens is 444 g/mol. The molecule has 0 saturated carbocycles. The van der Waals surface area contributed by atoms with Gasteiger partial charge in [-0.25, -0.2) is 4.98 Å². The number of halogens is 5. The van der Waals surface area contributed by atoms with Gasteiger partial charge < -0.3 is 10.2 Å². The van der Waals surface area contributed by atoms with Gasteiger partial charge in [0.15, 0.2) is 0 Å². The van der Waals surface area contributed by atoms with Crippen LogP contribution in [0.4, 0.5) is 19.0 Å². The van der Waals surface area contributed by atoms with Crippen LogP contribution < -0.4 is 10.2 Å². The van der Waals surface area contributed by atoms with Crippen LogP contribution in [0.5, 0.6) is 0 Å². The minimum absolute atomic E-state index is 0. The second-order valence-electron chi connectivity index (χ2n) is 7.29. The third kappa shape index (κ3) is 5.55. The monoisotopic (exact) mass is 468 g/mol. The lowest BCUT2D eigenvalue weighted by Crippen LogP contribution is -2.56. The van der Waals surface area contributed by atoms with Crippen molar-refractivity contribution in [3.63, 3.8) is 0 Å². The molecule has 10 heteroatoms. The summed E-state index contributed by atoms with van der Waals surface area (Å²) in [6, 6.07) is 7.61. The number of anilines is 1. The van der Waals surface area contributed by atoms with Gasteiger partial charge in [0.2, 0.25) is 0 Å². The van der Waals surface area contributed by atoms with Gasteiger partial charge in [0.05, 0.1) is 5.56 Å². The number of thiophene rings is 1. The van der Waals surface area contributed by atoms with E-state index in [1.165, 1.54) is 15.8 Å². The highest BCUT2D eigenvalue weighted by atomic mass is 35.5. The quantitative estimate of drug-likeness (QED) is 0.705. The largest absolute Gasteiger partial charge is 0.417 e. The molecule has 4 nitrogen and oxygen atoms in total. The average molecular weight is 469 g/mol. The van der Waals surface area contributed by atoms with Gasteiger partial charge in [-0.1, -0.05) is 0 Å². The number of rotatable bonds is 5. The molecule has 2 bridgehead atoms. The smallest absolute Gasteiger partial charge is 0.351 e. The Morgan fingerprint density at radius 3 is 2.59 bits per heavy atom. The van der Waals surface area contributed by atoms with Gasteiger partial charge in [-0.15, -0.1) is 36.2 Å². The highest BCUT2D eigenvalue weighted by Gasteiger charge is 2.39. The number of fused-ring (bicyclic) bond motifs is 2. The fraction of sp³-hybridized carbons (Fsp3) is 0.526. The Hall–Kier alpha value is -1.06. The van der Waals surface area contributed by atoms with Gasteiger partial charge in [0, 0.05) is 60.8 Å². The topological polar surface area (TPSA) is 31.4 Å². The summed E-state index contributed by atoms with van der Waals surface area (Å²) in [5, 5.41) is 3.54. The standard InChI is InChI=1S/C19H23F3N4S.2ClH/c1-13-2-4-17(27-13)10-23-9-16-12-26(15-6-7-25(16)11-15)18-5-3-14(8-24-18)19(20,21)22;;/h2-5,8,15-16,23H,6-7,9-12H2,1H3;2*1H. The summed E-state index contributed by atoms with van der Waals surface area (Å²) in [5.74, 6) is 0.647. The second kappa shape index (κ2) is 9.83. The van der Waals surface area contributed by atoms with Crippen LogP contribution in [-0.2, 0) is 12.7 Å². The Labute approximate surface area is 185 Å². The van der Waals surface area contributed by atoms with E-state index < -0.39 is 11.7 Å². The normalized spacial score (nSPS) is 23.4. The van der Waals surface area contributed by atoms with Crippen LogP contribution in [0.2, 0.25) is 0 Å². The average Bonchev–Trinajstić information content (AvgIpc) is 3.23. The molecule has 3 unspecified atom stereocenters. The zero-order valence-corrected chi connectivity index (χ0v) is 18.4. The van der Waals surface area contributed by atoms with Crippen LogP contribution in [0.25, 0.3) is 0 Å². The van der Waals surface area contributed by atoms with Crippen molar-refractivity contribution in [1.29, 1.82) is 0 Å². The number of pyridine rings is 1.